The summed E-state index contributed by atoms with van der Waals surface area (Å²) in [6.07, 6.45) is 2.46. The van der Waals surface area contributed by atoms with E-state index in [0.29, 0.717) is 0 Å². The maximum Gasteiger partial charge on any atom is 0.133 e. The van der Waals surface area contributed by atoms with Crippen molar-refractivity contribution in [2.24, 2.45) is 0 Å². The van der Waals surface area contributed by atoms with Gasteiger partial charge in [-0.05, 0) is 67.5 Å². The van der Waals surface area contributed by atoms with Gasteiger partial charge >= 0.3 is 0 Å². The third kappa shape index (κ3) is 3.73. The van der Waals surface area contributed by atoms with E-state index < -0.39 is 23.3 Å². The molecule has 2 rings (SSSR count). The van der Waals surface area contributed by atoms with Gasteiger partial charge in [-0.1, -0.05) is 0 Å². The Balaban J connectivity index is 2.34. The minimum absolute atomic E-state index is 0.201. The number of aliphatic hydroxyl groups is 2. The predicted octanol–water partition coefficient (Wildman–Crippen LogP) is 2.94. The largest absolute Gasteiger partial charge is 0.510 e. The molecule has 5 heteroatoms. The van der Waals surface area contributed by atoms with Crippen LogP contribution in [0.1, 0.15) is 55.4 Å². The van der Waals surface area contributed by atoms with Crippen molar-refractivity contribution in [2.75, 3.05) is 0 Å². The Kier molecular flexibility index (Phi) is 4.16. The molecule has 0 fully saturated rings. The minimum atomic E-state index is -0.543. The van der Waals surface area contributed by atoms with Gasteiger partial charge in [-0.25, -0.2) is 0 Å². The maximum atomic E-state index is 10.5. The van der Waals surface area contributed by atoms with Crippen LogP contribution in [0.2, 0.25) is 0 Å². The van der Waals surface area contributed by atoms with Crippen molar-refractivity contribution in [3.63, 3.8) is 0 Å². The van der Waals surface area contributed by atoms with Gasteiger partial charge in [0.05, 0.1) is 0 Å². The van der Waals surface area contributed by atoms with E-state index in [1.165, 1.54) is 0 Å². The van der Waals surface area contributed by atoms with Gasteiger partial charge in [0.2, 0.25) is 0 Å². The van der Waals surface area contributed by atoms with Gasteiger partial charge in [0.25, 0.3) is 0 Å². The highest BCUT2D eigenvalue weighted by Crippen LogP contribution is 2.35. The number of hydrogen-bond acceptors (Lipinski definition) is 5. The zero-order valence-corrected chi connectivity index (χ0v) is 15.6. The Morgan fingerprint density at radius 2 is 1.04 bits per heavy atom. The number of nitrogens with one attached hydrogen (secondary N) is 2. The van der Waals surface area contributed by atoms with Crippen LogP contribution in [0.25, 0.3) is 0 Å². The second-order valence-electron chi connectivity index (χ2n) is 9.17. The SMILES string of the molecule is CC1(C)C=C(O)C(OC2C(O)=CC(C)(C)NC2(C)C)C(C)(C)N1. The van der Waals surface area contributed by atoms with Gasteiger partial charge in [0.1, 0.15) is 23.7 Å². The second-order valence-corrected chi connectivity index (χ2v) is 9.17. The third-order valence-corrected chi connectivity index (χ3v) is 4.43. The zero-order valence-electron chi connectivity index (χ0n) is 15.6. The molecule has 0 aromatic heterocycles. The quantitative estimate of drug-likeness (QED) is 0.628. The van der Waals surface area contributed by atoms with Crippen molar-refractivity contribution >= 4 is 0 Å². The number of aliphatic hydroxyl groups excluding tert-OH is 2. The molecule has 2 atom stereocenters. The second kappa shape index (κ2) is 5.23. The first-order chi connectivity index (χ1) is 10.2. The predicted molar refractivity (Wildman–Crippen MR) is 92.7 cm³/mol. The van der Waals surface area contributed by atoms with Gasteiger partial charge in [-0.3, -0.25) is 0 Å². The van der Waals surface area contributed by atoms with Crippen LogP contribution in [0, 0.1) is 0 Å². The number of hydrogen-bond donors (Lipinski definition) is 4. The van der Waals surface area contributed by atoms with E-state index in [4.69, 9.17) is 4.74 Å². The topological polar surface area (TPSA) is 73.8 Å². The Labute approximate surface area is 139 Å². The number of rotatable bonds is 2. The summed E-state index contributed by atoms with van der Waals surface area (Å²) >= 11 is 0. The summed E-state index contributed by atoms with van der Waals surface area (Å²) in [4.78, 5) is 0. The van der Waals surface area contributed by atoms with Crippen LogP contribution in [0.15, 0.2) is 23.7 Å². The fourth-order valence-electron chi connectivity index (χ4n) is 4.11. The lowest BCUT2D eigenvalue weighted by atomic mass is 9.82. The molecule has 4 N–H and O–H groups in total. The molecule has 0 aliphatic carbocycles. The molecule has 0 aromatic rings. The Bertz CT molecular complexity index is 496. The first kappa shape index (κ1) is 18.3. The normalized spacial score (nSPS) is 34.4. The fraction of sp³-hybridized carbons (Fsp3) is 0.778. The molecule has 2 aliphatic rings. The summed E-state index contributed by atoms with van der Waals surface area (Å²) < 4.78 is 6.21. The van der Waals surface area contributed by atoms with Crippen LogP contribution in [0.5, 0.6) is 0 Å². The molecule has 5 nitrogen and oxygen atoms in total. The molecule has 0 bridgehead atoms. The zero-order chi connectivity index (χ0) is 17.8. The minimum Gasteiger partial charge on any atom is -0.510 e. The van der Waals surface area contributed by atoms with E-state index in [-0.39, 0.29) is 22.6 Å². The van der Waals surface area contributed by atoms with Crippen LogP contribution >= 0.6 is 0 Å². The van der Waals surface area contributed by atoms with Crippen molar-refractivity contribution < 1.29 is 14.9 Å². The summed E-state index contributed by atoms with van der Waals surface area (Å²) in [5.74, 6) is 0.402. The number of ether oxygens (including phenoxy) is 1. The van der Waals surface area contributed by atoms with E-state index in [2.05, 4.69) is 10.6 Å². The van der Waals surface area contributed by atoms with Crippen LogP contribution in [0.4, 0.5) is 0 Å². The van der Waals surface area contributed by atoms with Crippen LogP contribution in [-0.2, 0) is 4.74 Å². The molecule has 0 radical (unpaired) electrons. The monoisotopic (exact) mass is 324 g/mol. The summed E-state index contributed by atoms with van der Waals surface area (Å²) in [5.41, 5.74) is -1.56. The molecule has 0 saturated heterocycles. The average Bonchev–Trinajstić information content (AvgIpc) is 2.19. The summed E-state index contributed by atoms with van der Waals surface area (Å²) in [5, 5.41) is 28.0. The first-order valence-electron chi connectivity index (χ1n) is 8.23. The van der Waals surface area contributed by atoms with Gasteiger partial charge in [-0.2, -0.15) is 0 Å². The lowest BCUT2D eigenvalue weighted by molar-refractivity contribution is -0.0971. The van der Waals surface area contributed by atoms with Crippen molar-refractivity contribution in [3.8, 4) is 0 Å². The van der Waals surface area contributed by atoms with Crippen LogP contribution in [-0.4, -0.2) is 44.6 Å². The molecule has 23 heavy (non-hydrogen) atoms. The van der Waals surface area contributed by atoms with Crippen molar-refractivity contribution in [1.29, 1.82) is 0 Å². The highest BCUT2D eigenvalue weighted by Gasteiger charge is 2.48. The highest BCUT2D eigenvalue weighted by molar-refractivity contribution is 5.25. The van der Waals surface area contributed by atoms with Crippen LogP contribution in [0.3, 0.4) is 0 Å². The van der Waals surface area contributed by atoms with E-state index >= 15 is 0 Å². The first-order valence-corrected chi connectivity index (χ1v) is 8.23. The molecule has 0 amide bonds. The van der Waals surface area contributed by atoms with E-state index in [0.717, 1.165) is 0 Å². The van der Waals surface area contributed by atoms with E-state index in [1.807, 2.05) is 55.4 Å². The summed E-state index contributed by atoms with van der Waals surface area (Å²) in [7, 11) is 0. The Morgan fingerprint density at radius 3 is 1.30 bits per heavy atom. The Hall–Kier alpha value is -1.04. The van der Waals surface area contributed by atoms with Gasteiger partial charge in [0, 0.05) is 22.2 Å². The molecule has 2 unspecified atom stereocenters. The highest BCUT2D eigenvalue weighted by atomic mass is 16.5. The van der Waals surface area contributed by atoms with E-state index in [9.17, 15) is 10.2 Å². The third-order valence-electron chi connectivity index (χ3n) is 4.43. The lowest BCUT2D eigenvalue weighted by Gasteiger charge is -2.50. The molecule has 0 aromatic carbocycles. The molecular formula is C18H32N2O3. The smallest absolute Gasteiger partial charge is 0.133 e. The summed E-state index contributed by atoms with van der Waals surface area (Å²) in [6.45, 7) is 16.0. The maximum absolute atomic E-state index is 10.5. The van der Waals surface area contributed by atoms with Crippen molar-refractivity contribution in [3.05, 3.63) is 23.7 Å². The van der Waals surface area contributed by atoms with Crippen molar-refractivity contribution in [2.45, 2.75) is 89.8 Å². The summed E-state index contributed by atoms with van der Waals surface area (Å²) in [6, 6.07) is 0. The molecule has 2 aliphatic heterocycles. The molecule has 0 spiro atoms. The average molecular weight is 324 g/mol. The Morgan fingerprint density at radius 1 is 0.739 bits per heavy atom. The van der Waals surface area contributed by atoms with Crippen LogP contribution < -0.4 is 10.6 Å². The van der Waals surface area contributed by atoms with E-state index in [1.54, 1.807) is 12.2 Å². The molecule has 2 heterocycles. The van der Waals surface area contributed by atoms with Gasteiger partial charge in [0.15, 0.2) is 0 Å². The van der Waals surface area contributed by atoms with Gasteiger partial charge < -0.3 is 25.6 Å². The molecule has 132 valence electrons. The van der Waals surface area contributed by atoms with Crippen molar-refractivity contribution in [1.82, 2.24) is 10.6 Å². The molecule has 0 saturated carbocycles. The van der Waals surface area contributed by atoms with Gasteiger partial charge in [-0.15, -0.1) is 0 Å². The standard InChI is InChI=1S/C18H32N2O3/c1-15(2)9-11(21)13(17(5,6)19-15)23-14-12(22)10-16(3,4)20-18(14,7)8/h9-10,13-14,19-22H,1-8H3. The molecular weight excluding hydrogens is 292 g/mol. The fourth-order valence-corrected chi connectivity index (χ4v) is 4.11. The lowest BCUT2D eigenvalue weighted by Crippen LogP contribution is -2.66.